The summed E-state index contributed by atoms with van der Waals surface area (Å²) in [5, 5.41) is 2.93. The number of nitrogens with zero attached hydrogens (tertiary/aromatic N) is 1. The molecule has 26 heavy (non-hydrogen) atoms. The first-order chi connectivity index (χ1) is 12.5. The van der Waals surface area contributed by atoms with Gasteiger partial charge >= 0.3 is 0 Å². The summed E-state index contributed by atoms with van der Waals surface area (Å²) >= 11 is 0. The number of rotatable bonds is 4. The number of benzene rings is 2. The van der Waals surface area contributed by atoms with Gasteiger partial charge in [0.25, 0.3) is 5.91 Å². The van der Waals surface area contributed by atoms with Crippen molar-refractivity contribution in [2.24, 2.45) is 5.92 Å². The standard InChI is InChI=1S/C21H23FN2O2/c1-14(2)23-20(25)19-13-24(21(26)15-7-4-3-5-8-15)12-18(19)16-9-6-10-17(22)11-16/h3-11,14,18-19H,12-13H2,1-2H3,(H,23,25)/t18-,19-/m1/s1. The molecule has 1 aliphatic heterocycles. The molecular formula is C21H23FN2O2. The van der Waals surface area contributed by atoms with Gasteiger partial charge in [-0.1, -0.05) is 30.3 Å². The van der Waals surface area contributed by atoms with E-state index in [4.69, 9.17) is 0 Å². The van der Waals surface area contributed by atoms with Crippen LogP contribution in [0.25, 0.3) is 0 Å². The van der Waals surface area contributed by atoms with Crippen LogP contribution >= 0.6 is 0 Å². The van der Waals surface area contributed by atoms with Crippen molar-refractivity contribution in [2.45, 2.75) is 25.8 Å². The summed E-state index contributed by atoms with van der Waals surface area (Å²) in [5.74, 6) is -1.16. The molecule has 1 saturated heterocycles. The number of amides is 2. The van der Waals surface area contributed by atoms with E-state index in [1.54, 1.807) is 23.1 Å². The first-order valence-electron chi connectivity index (χ1n) is 8.86. The summed E-state index contributed by atoms with van der Waals surface area (Å²) in [6.45, 7) is 4.52. The fourth-order valence-electron chi connectivity index (χ4n) is 3.47. The van der Waals surface area contributed by atoms with E-state index in [0.29, 0.717) is 18.7 Å². The van der Waals surface area contributed by atoms with Crippen LogP contribution < -0.4 is 5.32 Å². The maximum Gasteiger partial charge on any atom is 0.253 e. The van der Waals surface area contributed by atoms with E-state index in [0.717, 1.165) is 5.56 Å². The van der Waals surface area contributed by atoms with Crippen molar-refractivity contribution in [3.63, 3.8) is 0 Å². The Morgan fingerprint density at radius 2 is 1.81 bits per heavy atom. The number of carbonyl (C=O) groups excluding carboxylic acids is 2. The highest BCUT2D eigenvalue weighted by Crippen LogP contribution is 2.34. The fourth-order valence-corrected chi connectivity index (χ4v) is 3.47. The molecule has 1 aliphatic rings. The zero-order valence-electron chi connectivity index (χ0n) is 15.0. The zero-order valence-corrected chi connectivity index (χ0v) is 15.0. The van der Waals surface area contributed by atoms with E-state index in [1.807, 2.05) is 38.1 Å². The van der Waals surface area contributed by atoms with E-state index >= 15 is 0 Å². The third kappa shape index (κ3) is 3.93. The second-order valence-corrected chi connectivity index (χ2v) is 7.01. The van der Waals surface area contributed by atoms with Crippen LogP contribution in [-0.2, 0) is 4.79 Å². The van der Waals surface area contributed by atoms with Gasteiger partial charge in [-0.2, -0.15) is 0 Å². The Morgan fingerprint density at radius 1 is 1.08 bits per heavy atom. The second-order valence-electron chi connectivity index (χ2n) is 7.01. The van der Waals surface area contributed by atoms with Gasteiger partial charge in [-0.3, -0.25) is 9.59 Å². The Kier molecular flexibility index (Phi) is 5.35. The highest BCUT2D eigenvalue weighted by molar-refractivity contribution is 5.95. The molecule has 0 unspecified atom stereocenters. The largest absolute Gasteiger partial charge is 0.354 e. The molecule has 1 fully saturated rings. The van der Waals surface area contributed by atoms with Crippen LogP contribution in [0.5, 0.6) is 0 Å². The summed E-state index contributed by atoms with van der Waals surface area (Å²) in [4.78, 5) is 27.2. The lowest BCUT2D eigenvalue weighted by molar-refractivity contribution is -0.125. The highest BCUT2D eigenvalue weighted by Gasteiger charge is 2.40. The van der Waals surface area contributed by atoms with Crippen LogP contribution in [-0.4, -0.2) is 35.8 Å². The molecule has 0 aliphatic carbocycles. The predicted molar refractivity (Wildman–Crippen MR) is 98.3 cm³/mol. The summed E-state index contributed by atoms with van der Waals surface area (Å²) < 4.78 is 13.7. The maximum atomic E-state index is 13.7. The molecule has 0 saturated carbocycles. The quantitative estimate of drug-likeness (QED) is 0.917. The van der Waals surface area contributed by atoms with Crippen molar-refractivity contribution in [3.05, 3.63) is 71.5 Å². The van der Waals surface area contributed by atoms with E-state index in [-0.39, 0.29) is 29.6 Å². The molecule has 0 aromatic heterocycles. The predicted octanol–water partition coefficient (Wildman–Crippen LogP) is 3.21. The van der Waals surface area contributed by atoms with Crippen LogP contribution in [0.1, 0.15) is 35.7 Å². The molecule has 1 heterocycles. The minimum atomic E-state index is -0.396. The third-order valence-electron chi connectivity index (χ3n) is 4.67. The lowest BCUT2D eigenvalue weighted by Crippen LogP contribution is -2.39. The molecule has 2 amide bonds. The van der Waals surface area contributed by atoms with Crippen LogP contribution in [0.2, 0.25) is 0 Å². The molecular weight excluding hydrogens is 331 g/mol. The molecule has 0 spiro atoms. The number of carbonyl (C=O) groups is 2. The Balaban J connectivity index is 1.87. The second kappa shape index (κ2) is 7.68. The number of likely N-dealkylation sites (tertiary alicyclic amines) is 1. The van der Waals surface area contributed by atoms with Gasteiger partial charge in [0.2, 0.25) is 5.91 Å². The fraction of sp³-hybridized carbons (Fsp3) is 0.333. The molecule has 136 valence electrons. The number of halogens is 1. The van der Waals surface area contributed by atoms with Crippen LogP contribution in [0.3, 0.4) is 0 Å². The Morgan fingerprint density at radius 3 is 2.46 bits per heavy atom. The van der Waals surface area contributed by atoms with Crippen molar-refractivity contribution in [1.82, 2.24) is 10.2 Å². The van der Waals surface area contributed by atoms with Crippen molar-refractivity contribution in [3.8, 4) is 0 Å². The van der Waals surface area contributed by atoms with Crippen molar-refractivity contribution >= 4 is 11.8 Å². The maximum absolute atomic E-state index is 13.7. The lowest BCUT2D eigenvalue weighted by Gasteiger charge is -2.19. The number of hydrogen-bond donors (Lipinski definition) is 1. The van der Waals surface area contributed by atoms with Gasteiger partial charge in [0.15, 0.2) is 0 Å². The van der Waals surface area contributed by atoms with Gasteiger partial charge in [-0.05, 0) is 43.7 Å². The molecule has 1 N–H and O–H groups in total. The lowest BCUT2D eigenvalue weighted by atomic mass is 9.88. The molecule has 0 bridgehead atoms. The van der Waals surface area contributed by atoms with E-state index in [1.165, 1.54) is 12.1 Å². The third-order valence-corrected chi connectivity index (χ3v) is 4.67. The summed E-state index contributed by atoms with van der Waals surface area (Å²) in [7, 11) is 0. The Labute approximate surface area is 153 Å². The molecule has 2 aromatic rings. The summed E-state index contributed by atoms with van der Waals surface area (Å²) in [6, 6.07) is 15.3. The van der Waals surface area contributed by atoms with E-state index in [2.05, 4.69) is 5.32 Å². The molecule has 4 nitrogen and oxygen atoms in total. The smallest absolute Gasteiger partial charge is 0.253 e. The zero-order chi connectivity index (χ0) is 18.7. The van der Waals surface area contributed by atoms with Gasteiger partial charge in [-0.15, -0.1) is 0 Å². The number of nitrogens with one attached hydrogen (secondary N) is 1. The van der Waals surface area contributed by atoms with Gasteiger partial charge < -0.3 is 10.2 Å². The van der Waals surface area contributed by atoms with Gasteiger partial charge in [0.05, 0.1) is 5.92 Å². The van der Waals surface area contributed by atoms with Crippen LogP contribution in [0, 0.1) is 11.7 Å². The Hall–Kier alpha value is -2.69. The van der Waals surface area contributed by atoms with E-state index in [9.17, 15) is 14.0 Å². The van der Waals surface area contributed by atoms with Crippen LogP contribution in [0.15, 0.2) is 54.6 Å². The normalized spacial score (nSPS) is 19.6. The summed E-state index contributed by atoms with van der Waals surface area (Å²) in [5.41, 5.74) is 1.34. The molecule has 0 radical (unpaired) electrons. The van der Waals surface area contributed by atoms with Crippen molar-refractivity contribution in [1.29, 1.82) is 0 Å². The number of hydrogen-bond acceptors (Lipinski definition) is 2. The van der Waals surface area contributed by atoms with Crippen LogP contribution in [0.4, 0.5) is 4.39 Å². The van der Waals surface area contributed by atoms with E-state index < -0.39 is 5.92 Å². The van der Waals surface area contributed by atoms with Gasteiger partial charge in [-0.25, -0.2) is 4.39 Å². The molecule has 5 heteroatoms. The highest BCUT2D eigenvalue weighted by atomic mass is 19.1. The van der Waals surface area contributed by atoms with Gasteiger partial charge in [0.1, 0.15) is 5.82 Å². The molecule has 3 rings (SSSR count). The van der Waals surface area contributed by atoms with Gasteiger partial charge in [0, 0.05) is 30.6 Å². The SMILES string of the molecule is CC(C)NC(=O)[C@@H]1CN(C(=O)c2ccccc2)C[C@@H]1c1cccc(F)c1. The Bertz CT molecular complexity index is 792. The minimum Gasteiger partial charge on any atom is -0.354 e. The molecule has 2 aromatic carbocycles. The average molecular weight is 354 g/mol. The average Bonchev–Trinajstić information content (AvgIpc) is 3.07. The van der Waals surface area contributed by atoms with Crippen molar-refractivity contribution in [2.75, 3.05) is 13.1 Å². The minimum absolute atomic E-state index is 0.00883. The first kappa shape index (κ1) is 18.1. The summed E-state index contributed by atoms with van der Waals surface area (Å²) in [6.07, 6.45) is 0. The first-order valence-corrected chi connectivity index (χ1v) is 8.86. The molecule has 2 atom stereocenters. The monoisotopic (exact) mass is 354 g/mol. The topological polar surface area (TPSA) is 49.4 Å². The van der Waals surface area contributed by atoms with Crippen molar-refractivity contribution < 1.29 is 14.0 Å².